The van der Waals surface area contributed by atoms with Crippen LogP contribution in [0.3, 0.4) is 0 Å². The molecule has 0 aliphatic carbocycles. The lowest BCUT2D eigenvalue weighted by atomic mass is 9.98. The van der Waals surface area contributed by atoms with E-state index in [4.69, 9.17) is 0 Å². The molecule has 2 aromatic carbocycles. The normalized spacial score (nSPS) is 17.6. The molecule has 0 radical (unpaired) electrons. The molecule has 2 amide bonds. The fourth-order valence-electron chi connectivity index (χ4n) is 2.75. The van der Waals surface area contributed by atoms with Gasteiger partial charge < -0.3 is 0 Å². The Labute approximate surface area is 132 Å². The van der Waals surface area contributed by atoms with Crippen LogP contribution in [0, 0.1) is 16.0 Å². The molecule has 6 nitrogen and oxygen atoms in total. The molecular weight excluding hydrogens is 296 g/mol. The number of nitro groups is 1. The Morgan fingerprint density at radius 1 is 1.04 bits per heavy atom. The molecule has 3 rings (SSSR count). The lowest BCUT2D eigenvalue weighted by molar-refractivity contribution is -0.384. The first-order chi connectivity index (χ1) is 11.1. The number of imide groups is 1. The number of carbonyl (C=O) groups is 2. The summed E-state index contributed by atoms with van der Waals surface area (Å²) < 4.78 is 0. The minimum atomic E-state index is -0.518. The van der Waals surface area contributed by atoms with Gasteiger partial charge in [0.15, 0.2) is 0 Å². The predicted molar refractivity (Wildman–Crippen MR) is 83.8 cm³/mol. The number of hydrogen-bond donors (Lipinski definition) is 0. The van der Waals surface area contributed by atoms with Crippen LogP contribution in [0.25, 0.3) is 0 Å². The Morgan fingerprint density at radius 2 is 1.70 bits per heavy atom. The van der Waals surface area contributed by atoms with Crippen molar-refractivity contribution in [1.82, 2.24) is 0 Å². The molecule has 0 aromatic heterocycles. The van der Waals surface area contributed by atoms with Gasteiger partial charge >= 0.3 is 0 Å². The molecule has 0 N–H and O–H groups in total. The number of nitrogens with zero attached hydrogens (tertiary/aromatic N) is 2. The Kier molecular flexibility index (Phi) is 3.89. The van der Waals surface area contributed by atoms with Crippen LogP contribution in [0.2, 0.25) is 0 Å². The molecule has 1 heterocycles. The highest BCUT2D eigenvalue weighted by Crippen LogP contribution is 2.29. The van der Waals surface area contributed by atoms with E-state index in [1.165, 1.54) is 24.3 Å². The van der Waals surface area contributed by atoms with Gasteiger partial charge in [0.05, 0.1) is 16.5 Å². The minimum Gasteiger partial charge on any atom is -0.274 e. The van der Waals surface area contributed by atoms with Gasteiger partial charge in [-0.3, -0.25) is 24.6 Å². The van der Waals surface area contributed by atoms with Crippen LogP contribution in [-0.4, -0.2) is 16.7 Å². The highest BCUT2D eigenvalue weighted by molar-refractivity contribution is 6.21. The van der Waals surface area contributed by atoms with Crippen LogP contribution in [0.4, 0.5) is 11.4 Å². The molecule has 116 valence electrons. The number of rotatable bonds is 4. The zero-order valence-electron chi connectivity index (χ0n) is 12.2. The molecule has 2 aromatic rings. The summed E-state index contributed by atoms with van der Waals surface area (Å²) in [5.41, 5.74) is 1.30. The molecule has 1 unspecified atom stereocenters. The number of amides is 2. The number of nitro benzene ring substituents is 1. The second-order valence-electron chi connectivity index (χ2n) is 5.43. The van der Waals surface area contributed by atoms with Gasteiger partial charge in [-0.25, -0.2) is 0 Å². The van der Waals surface area contributed by atoms with Gasteiger partial charge in [0, 0.05) is 18.6 Å². The third-order valence-electron chi connectivity index (χ3n) is 3.88. The second-order valence-corrected chi connectivity index (χ2v) is 5.43. The summed E-state index contributed by atoms with van der Waals surface area (Å²) in [6.45, 7) is 0. The van der Waals surface area contributed by atoms with E-state index >= 15 is 0 Å². The minimum absolute atomic E-state index is 0.0753. The highest BCUT2D eigenvalue weighted by atomic mass is 16.6. The largest absolute Gasteiger partial charge is 0.274 e. The lowest BCUT2D eigenvalue weighted by Gasteiger charge is -2.15. The molecule has 0 saturated carbocycles. The smallest absolute Gasteiger partial charge is 0.269 e. The number of hydrogen-bond acceptors (Lipinski definition) is 4. The van der Waals surface area contributed by atoms with Crippen LogP contribution < -0.4 is 4.90 Å². The monoisotopic (exact) mass is 310 g/mol. The topological polar surface area (TPSA) is 80.5 Å². The zero-order chi connectivity index (χ0) is 16.4. The Morgan fingerprint density at radius 3 is 2.30 bits per heavy atom. The molecule has 1 atom stereocenters. The van der Waals surface area contributed by atoms with Crippen LogP contribution in [0.15, 0.2) is 54.6 Å². The summed E-state index contributed by atoms with van der Waals surface area (Å²) in [6, 6.07) is 15.0. The fourth-order valence-corrected chi connectivity index (χ4v) is 2.75. The molecule has 23 heavy (non-hydrogen) atoms. The van der Waals surface area contributed by atoms with Crippen molar-refractivity contribution in [3.05, 3.63) is 70.3 Å². The first kappa shape index (κ1) is 14.9. The molecule has 0 bridgehead atoms. The first-order valence-electron chi connectivity index (χ1n) is 7.21. The average Bonchev–Trinajstić information content (AvgIpc) is 2.82. The standard InChI is InChI=1S/C17H14N2O4/c20-16-11-13(10-12-4-2-1-3-5-12)17(21)18(16)14-6-8-15(9-7-14)19(22)23/h1-9,13H,10-11H2. The fraction of sp³-hybridized carbons (Fsp3) is 0.176. The summed E-state index contributed by atoms with van der Waals surface area (Å²) in [5, 5.41) is 10.7. The average molecular weight is 310 g/mol. The third kappa shape index (κ3) is 2.96. The first-order valence-corrected chi connectivity index (χ1v) is 7.21. The van der Waals surface area contributed by atoms with Crippen molar-refractivity contribution in [1.29, 1.82) is 0 Å². The molecule has 1 aliphatic heterocycles. The predicted octanol–water partition coefficient (Wildman–Crippen LogP) is 2.72. The van der Waals surface area contributed by atoms with E-state index in [2.05, 4.69) is 0 Å². The van der Waals surface area contributed by atoms with Crippen molar-refractivity contribution < 1.29 is 14.5 Å². The van der Waals surface area contributed by atoms with E-state index in [1.807, 2.05) is 30.3 Å². The molecule has 1 aliphatic rings. The second kappa shape index (κ2) is 6.00. The summed E-state index contributed by atoms with van der Waals surface area (Å²) in [4.78, 5) is 36.0. The van der Waals surface area contributed by atoms with Crippen molar-refractivity contribution in [3.8, 4) is 0 Å². The number of non-ortho nitro benzene ring substituents is 1. The van der Waals surface area contributed by atoms with E-state index in [0.29, 0.717) is 12.1 Å². The van der Waals surface area contributed by atoms with Crippen LogP contribution in [0.1, 0.15) is 12.0 Å². The molecule has 6 heteroatoms. The van der Waals surface area contributed by atoms with Crippen LogP contribution in [-0.2, 0) is 16.0 Å². The number of benzene rings is 2. The molecule has 0 spiro atoms. The Hall–Kier alpha value is -3.02. The quantitative estimate of drug-likeness (QED) is 0.494. The van der Waals surface area contributed by atoms with E-state index < -0.39 is 4.92 Å². The maximum Gasteiger partial charge on any atom is 0.269 e. The summed E-state index contributed by atoms with van der Waals surface area (Å²) in [7, 11) is 0. The molecule has 1 saturated heterocycles. The third-order valence-corrected chi connectivity index (χ3v) is 3.88. The lowest BCUT2D eigenvalue weighted by Crippen LogP contribution is -2.30. The van der Waals surface area contributed by atoms with E-state index in [0.717, 1.165) is 10.5 Å². The van der Waals surface area contributed by atoms with E-state index in [-0.39, 0.29) is 29.8 Å². The SMILES string of the molecule is O=C1CC(Cc2ccccc2)C(=O)N1c1ccc([N+](=O)[O-])cc1. The van der Waals surface area contributed by atoms with Gasteiger partial charge in [-0.15, -0.1) is 0 Å². The number of carbonyl (C=O) groups excluding carboxylic acids is 2. The van der Waals surface area contributed by atoms with Crippen LogP contribution >= 0.6 is 0 Å². The Bertz CT molecular complexity index is 756. The van der Waals surface area contributed by atoms with E-state index in [9.17, 15) is 19.7 Å². The van der Waals surface area contributed by atoms with Crippen molar-refractivity contribution in [2.75, 3.05) is 4.90 Å². The summed E-state index contributed by atoms with van der Waals surface area (Å²) in [5.74, 6) is -0.919. The summed E-state index contributed by atoms with van der Waals surface area (Å²) in [6.07, 6.45) is 0.666. The van der Waals surface area contributed by atoms with Gasteiger partial charge in [-0.2, -0.15) is 0 Å². The maximum absolute atomic E-state index is 12.5. The molecule has 1 fully saturated rings. The zero-order valence-corrected chi connectivity index (χ0v) is 12.2. The Balaban J connectivity index is 1.79. The summed E-state index contributed by atoms with van der Waals surface area (Å²) >= 11 is 0. The molecular formula is C17H14N2O4. The van der Waals surface area contributed by atoms with Gasteiger partial charge in [0.2, 0.25) is 11.8 Å². The maximum atomic E-state index is 12.5. The highest BCUT2D eigenvalue weighted by Gasteiger charge is 2.39. The van der Waals surface area contributed by atoms with Crippen molar-refractivity contribution in [2.45, 2.75) is 12.8 Å². The van der Waals surface area contributed by atoms with Gasteiger partial charge in [-0.05, 0) is 24.1 Å². The van der Waals surface area contributed by atoms with Gasteiger partial charge in [-0.1, -0.05) is 30.3 Å². The van der Waals surface area contributed by atoms with Crippen molar-refractivity contribution >= 4 is 23.2 Å². The number of anilines is 1. The van der Waals surface area contributed by atoms with E-state index in [1.54, 1.807) is 0 Å². The van der Waals surface area contributed by atoms with Gasteiger partial charge in [0.25, 0.3) is 5.69 Å². The van der Waals surface area contributed by atoms with Crippen molar-refractivity contribution in [3.63, 3.8) is 0 Å². The van der Waals surface area contributed by atoms with Crippen molar-refractivity contribution in [2.24, 2.45) is 5.92 Å². The van der Waals surface area contributed by atoms with Crippen LogP contribution in [0.5, 0.6) is 0 Å². The van der Waals surface area contributed by atoms with Gasteiger partial charge in [0.1, 0.15) is 0 Å².